The minimum Gasteiger partial charge on any atom is -0.241 e. The standard InChI is InChI=1S/C11H14N2/c1-3-4-9-5-6-11-10(9)7-12-8(2)13-11/h5,7H,3-4,6H2,1-2H3. The molecule has 13 heavy (non-hydrogen) atoms. The molecule has 0 unspecified atom stereocenters. The van der Waals surface area contributed by atoms with Gasteiger partial charge in [0.1, 0.15) is 5.82 Å². The van der Waals surface area contributed by atoms with E-state index in [2.05, 4.69) is 23.0 Å². The summed E-state index contributed by atoms with van der Waals surface area (Å²) in [7, 11) is 0. The first-order chi connectivity index (χ1) is 6.31. The van der Waals surface area contributed by atoms with Gasteiger partial charge < -0.3 is 0 Å². The molecule has 0 aromatic carbocycles. The molecule has 0 fully saturated rings. The molecule has 2 heteroatoms. The molecule has 0 atom stereocenters. The van der Waals surface area contributed by atoms with E-state index in [1.54, 1.807) is 0 Å². The predicted octanol–water partition coefficient (Wildman–Crippen LogP) is 2.52. The number of hydrogen-bond donors (Lipinski definition) is 0. The third-order valence-corrected chi connectivity index (χ3v) is 2.40. The average molecular weight is 174 g/mol. The largest absolute Gasteiger partial charge is 0.241 e. The van der Waals surface area contributed by atoms with Crippen molar-refractivity contribution in [3.05, 3.63) is 29.4 Å². The first-order valence-electron chi connectivity index (χ1n) is 4.83. The van der Waals surface area contributed by atoms with Crippen molar-refractivity contribution in [3.63, 3.8) is 0 Å². The molecule has 1 aliphatic carbocycles. The maximum absolute atomic E-state index is 4.42. The summed E-state index contributed by atoms with van der Waals surface area (Å²) in [5, 5.41) is 0. The van der Waals surface area contributed by atoms with Gasteiger partial charge in [0.2, 0.25) is 0 Å². The molecule has 0 saturated carbocycles. The highest BCUT2D eigenvalue weighted by atomic mass is 14.9. The van der Waals surface area contributed by atoms with E-state index >= 15 is 0 Å². The molecule has 0 bridgehead atoms. The zero-order valence-electron chi connectivity index (χ0n) is 8.17. The molecule has 0 radical (unpaired) electrons. The molecule has 0 aliphatic heterocycles. The van der Waals surface area contributed by atoms with Gasteiger partial charge in [-0.25, -0.2) is 9.97 Å². The molecule has 0 saturated heterocycles. The van der Waals surface area contributed by atoms with Gasteiger partial charge in [-0.2, -0.15) is 0 Å². The molecule has 1 aliphatic rings. The summed E-state index contributed by atoms with van der Waals surface area (Å²) in [4.78, 5) is 8.65. The van der Waals surface area contributed by atoms with Crippen molar-refractivity contribution in [2.45, 2.75) is 33.1 Å². The third kappa shape index (κ3) is 1.48. The van der Waals surface area contributed by atoms with Crippen LogP contribution in [0.15, 0.2) is 12.3 Å². The number of nitrogens with zero attached hydrogens (tertiary/aromatic N) is 2. The Labute approximate surface area is 78.7 Å². The first-order valence-corrected chi connectivity index (χ1v) is 4.83. The molecule has 2 nitrogen and oxygen atoms in total. The average Bonchev–Trinajstić information content (AvgIpc) is 2.49. The second-order valence-electron chi connectivity index (χ2n) is 3.46. The maximum Gasteiger partial charge on any atom is 0.125 e. The Hall–Kier alpha value is -1.18. The van der Waals surface area contributed by atoms with Crippen LogP contribution in [-0.4, -0.2) is 9.97 Å². The van der Waals surface area contributed by atoms with Crippen LogP contribution >= 0.6 is 0 Å². The summed E-state index contributed by atoms with van der Waals surface area (Å²) in [5.74, 6) is 0.880. The number of fused-ring (bicyclic) bond motifs is 1. The SMILES string of the molecule is CCCC1=CCc2nc(C)ncc21. The van der Waals surface area contributed by atoms with Crippen molar-refractivity contribution in [1.82, 2.24) is 9.97 Å². The molecular weight excluding hydrogens is 160 g/mol. The Morgan fingerprint density at radius 1 is 1.46 bits per heavy atom. The molecule has 0 N–H and O–H groups in total. The Morgan fingerprint density at radius 3 is 3.08 bits per heavy atom. The van der Waals surface area contributed by atoms with Gasteiger partial charge in [0.25, 0.3) is 0 Å². The van der Waals surface area contributed by atoms with Gasteiger partial charge in [0.05, 0.1) is 5.69 Å². The number of aryl methyl sites for hydroxylation is 1. The van der Waals surface area contributed by atoms with Gasteiger partial charge in [-0.05, 0) is 18.9 Å². The third-order valence-electron chi connectivity index (χ3n) is 2.40. The topological polar surface area (TPSA) is 25.8 Å². The Balaban J connectivity index is 2.34. The predicted molar refractivity (Wildman–Crippen MR) is 53.4 cm³/mol. The molecule has 68 valence electrons. The summed E-state index contributed by atoms with van der Waals surface area (Å²) in [6.07, 6.45) is 7.58. The van der Waals surface area contributed by atoms with Crippen molar-refractivity contribution < 1.29 is 0 Å². The van der Waals surface area contributed by atoms with E-state index in [4.69, 9.17) is 0 Å². The molecule has 1 heterocycles. The van der Waals surface area contributed by atoms with Gasteiger partial charge in [0.15, 0.2) is 0 Å². The zero-order chi connectivity index (χ0) is 9.26. The lowest BCUT2D eigenvalue weighted by atomic mass is 10.1. The highest BCUT2D eigenvalue weighted by molar-refractivity contribution is 5.71. The summed E-state index contributed by atoms with van der Waals surface area (Å²) in [6, 6.07) is 0. The molecular formula is C11H14N2. The van der Waals surface area contributed by atoms with Gasteiger partial charge >= 0.3 is 0 Å². The van der Waals surface area contributed by atoms with E-state index in [0.29, 0.717) is 0 Å². The molecule has 0 spiro atoms. The van der Waals surface area contributed by atoms with Crippen LogP contribution in [0.5, 0.6) is 0 Å². The van der Waals surface area contributed by atoms with Gasteiger partial charge in [-0.1, -0.05) is 19.4 Å². The Bertz CT molecular complexity index is 353. The fourth-order valence-electron chi connectivity index (χ4n) is 1.78. The van der Waals surface area contributed by atoms with Crippen molar-refractivity contribution in [1.29, 1.82) is 0 Å². The molecule has 1 aromatic heterocycles. The molecule has 1 aromatic rings. The van der Waals surface area contributed by atoms with Crippen LogP contribution in [0.4, 0.5) is 0 Å². The van der Waals surface area contributed by atoms with E-state index in [1.165, 1.54) is 23.3 Å². The lowest BCUT2D eigenvalue weighted by molar-refractivity contribution is 0.961. The van der Waals surface area contributed by atoms with E-state index in [9.17, 15) is 0 Å². The van der Waals surface area contributed by atoms with Crippen molar-refractivity contribution in [3.8, 4) is 0 Å². The van der Waals surface area contributed by atoms with E-state index < -0.39 is 0 Å². The summed E-state index contributed by atoms with van der Waals surface area (Å²) in [5.41, 5.74) is 3.90. The van der Waals surface area contributed by atoms with Crippen LogP contribution in [0.1, 0.15) is 36.8 Å². The Morgan fingerprint density at radius 2 is 2.31 bits per heavy atom. The lowest BCUT2D eigenvalue weighted by Crippen LogP contribution is -1.95. The second-order valence-corrected chi connectivity index (χ2v) is 3.46. The molecule has 2 rings (SSSR count). The van der Waals surface area contributed by atoms with E-state index in [1.807, 2.05) is 13.1 Å². The summed E-state index contributed by atoms with van der Waals surface area (Å²) < 4.78 is 0. The highest BCUT2D eigenvalue weighted by Crippen LogP contribution is 2.28. The normalized spacial score (nSPS) is 14.2. The fourth-order valence-corrected chi connectivity index (χ4v) is 1.78. The lowest BCUT2D eigenvalue weighted by Gasteiger charge is -2.03. The Kier molecular flexibility index (Phi) is 2.13. The van der Waals surface area contributed by atoms with E-state index in [0.717, 1.165) is 18.7 Å². The number of hydrogen-bond acceptors (Lipinski definition) is 2. The summed E-state index contributed by atoms with van der Waals surface area (Å²) >= 11 is 0. The smallest absolute Gasteiger partial charge is 0.125 e. The van der Waals surface area contributed by atoms with Gasteiger partial charge in [-0.3, -0.25) is 0 Å². The highest BCUT2D eigenvalue weighted by Gasteiger charge is 2.14. The fraction of sp³-hybridized carbons (Fsp3) is 0.455. The monoisotopic (exact) mass is 174 g/mol. The van der Waals surface area contributed by atoms with Crippen molar-refractivity contribution in [2.75, 3.05) is 0 Å². The van der Waals surface area contributed by atoms with Crippen LogP contribution in [-0.2, 0) is 6.42 Å². The van der Waals surface area contributed by atoms with Gasteiger partial charge in [0, 0.05) is 18.2 Å². The van der Waals surface area contributed by atoms with Crippen LogP contribution < -0.4 is 0 Å². The minimum atomic E-state index is 0.880. The number of allylic oxidation sites excluding steroid dienone is 2. The zero-order valence-corrected chi connectivity index (χ0v) is 8.17. The van der Waals surface area contributed by atoms with Crippen LogP contribution in [0.2, 0.25) is 0 Å². The van der Waals surface area contributed by atoms with Crippen molar-refractivity contribution >= 4 is 5.57 Å². The second kappa shape index (κ2) is 3.29. The quantitative estimate of drug-likeness (QED) is 0.688. The first kappa shape index (κ1) is 8.42. The summed E-state index contributed by atoms with van der Waals surface area (Å²) in [6.45, 7) is 4.14. The van der Waals surface area contributed by atoms with E-state index in [-0.39, 0.29) is 0 Å². The number of aromatic nitrogens is 2. The van der Waals surface area contributed by atoms with Crippen molar-refractivity contribution in [2.24, 2.45) is 0 Å². The number of rotatable bonds is 2. The molecule has 0 amide bonds. The minimum absolute atomic E-state index is 0.880. The van der Waals surface area contributed by atoms with Crippen LogP contribution in [0, 0.1) is 6.92 Å². The van der Waals surface area contributed by atoms with Crippen LogP contribution in [0.3, 0.4) is 0 Å². The van der Waals surface area contributed by atoms with Gasteiger partial charge in [-0.15, -0.1) is 0 Å². The maximum atomic E-state index is 4.42. The van der Waals surface area contributed by atoms with Crippen LogP contribution in [0.25, 0.3) is 5.57 Å².